The molecule has 142 valence electrons. The van der Waals surface area contributed by atoms with Gasteiger partial charge in [0.25, 0.3) is 5.91 Å². The van der Waals surface area contributed by atoms with E-state index in [4.69, 9.17) is 0 Å². The van der Waals surface area contributed by atoms with Crippen molar-refractivity contribution in [2.24, 2.45) is 5.10 Å². The molecule has 6 nitrogen and oxygen atoms in total. The third-order valence-corrected chi connectivity index (χ3v) is 4.55. The second kappa shape index (κ2) is 7.92. The average molecular weight is 374 g/mol. The van der Waals surface area contributed by atoms with Gasteiger partial charge in [-0.25, -0.2) is 5.43 Å². The highest BCUT2D eigenvalue weighted by molar-refractivity contribution is 5.95. The van der Waals surface area contributed by atoms with Crippen molar-refractivity contribution in [2.75, 3.05) is 0 Å². The molecule has 0 radical (unpaired) electrons. The molecule has 1 aromatic heterocycles. The fourth-order valence-corrected chi connectivity index (χ4v) is 3.14. The van der Waals surface area contributed by atoms with E-state index in [1.807, 2.05) is 37.5 Å². The molecule has 0 aliphatic carbocycles. The van der Waals surface area contributed by atoms with Gasteiger partial charge < -0.3 is 14.5 Å². The predicted molar refractivity (Wildman–Crippen MR) is 106 cm³/mol. The monoisotopic (exact) mass is 374 g/mol. The van der Waals surface area contributed by atoms with Gasteiger partial charge in [-0.2, -0.15) is 5.10 Å². The van der Waals surface area contributed by atoms with E-state index in [9.17, 15) is 14.7 Å². The van der Waals surface area contributed by atoms with E-state index in [0.717, 1.165) is 28.2 Å². The molecule has 0 fully saturated rings. The zero-order valence-corrected chi connectivity index (χ0v) is 15.9. The fraction of sp³-hybridized carbons (Fsp3) is 0.136. The molecule has 2 aromatic carbocycles. The van der Waals surface area contributed by atoms with Crippen molar-refractivity contribution in [3.05, 3.63) is 88.2 Å². The predicted octanol–water partition coefficient (Wildman–Crippen LogP) is 2.53. The van der Waals surface area contributed by atoms with E-state index in [1.54, 1.807) is 42.6 Å². The summed E-state index contributed by atoms with van der Waals surface area (Å²) in [4.78, 5) is 23.1. The molecule has 0 saturated carbocycles. The molecule has 1 amide bonds. The number of hydrogen-bond donors (Lipinski definition) is 1. The number of aromatic nitrogens is 1. The Morgan fingerprint density at radius 2 is 1.71 bits per heavy atom. The van der Waals surface area contributed by atoms with E-state index in [2.05, 4.69) is 10.5 Å². The van der Waals surface area contributed by atoms with Gasteiger partial charge in [0.1, 0.15) is 0 Å². The van der Waals surface area contributed by atoms with Crippen LogP contribution in [0.25, 0.3) is 5.69 Å². The van der Waals surface area contributed by atoms with Gasteiger partial charge in [0.05, 0.1) is 12.2 Å². The highest BCUT2D eigenvalue weighted by Gasteiger charge is 2.12. The molecule has 0 spiro atoms. The Morgan fingerprint density at radius 1 is 1.00 bits per heavy atom. The van der Waals surface area contributed by atoms with Crippen LogP contribution in [0.3, 0.4) is 0 Å². The van der Waals surface area contributed by atoms with Gasteiger partial charge in [-0.05, 0) is 62.2 Å². The molecule has 0 unspecified atom stereocenters. The highest BCUT2D eigenvalue weighted by Crippen LogP contribution is 2.23. The molecule has 0 bridgehead atoms. The molecule has 1 heterocycles. The maximum absolute atomic E-state index is 12.1. The van der Waals surface area contributed by atoms with Crippen molar-refractivity contribution in [1.82, 2.24) is 9.99 Å². The Kier molecular flexibility index (Phi) is 5.40. The second-order valence-electron chi connectivity index (χ2n) is 6.52. The molecular weight excluding hydrogens is 354 g/mol. The number of aryl methyl sites for hydroxylation is 2. The molecule has 0 aliphatic heterocycles. The summed E-state index contributed by atoms with van der Waals surface area (Å²) < 4.78 is 2.02. The van der Waals surface area contributed by atoms with Crippen LogP contribution in [-0.4, -0.2) is 22.7 Å². The highest BCUT2D eigenvalue weighted by atomic mass is 16.4. The molecule has 3 rings (SSSR count). The Bertz CT molecular complexity index is 1070. The number of hydrogen-bond acceptors (Lipinski definition) is 4. The third-order valence-electron chi connectivity index (χ3n) is 4.55. The summed E-state index contributed by atoms with van der Waals surface area (Å²) in [6, 6.07) is 15.7. The van der Waals surface area contributed by atoms with Gasteiger partial charge in [0.2, 0.25) is 0 Å². The van der Waals surface area contributed by atoms with Crippen LogP contribution < -0.4 is 10.5 Å². The summed E-state index contributed by atoms with van der Waals surface area (Å²) in [5.41, 5.74) is 7.67. The van der Waals surface area contributed by atoms with Gasteiger partial charge in [-0.15, -0.1) is 0 Å². The normalized spacial score (nSPS) is 11.0. The number of hydrazone groups is 1. The number of carbonyl (C=O) groups excluding carboxylic acids is 2. The van der Waals surface area contributed by atoms with Gasteiger partial charge in [-0.3, -0.25) is 4.79 Å². The first-order chi connectivity index (χ1) is 13.4. The lowest BCUT2D eigenvalue weighted by atomic mass is 10.1. The lowest BCUT2D eigenvalue weighted by molar-refractivity contribution is -0.255. The third kappa shape index (κ3) is 3.86. The Hall–Kier alpha value is -3.67. The Labute approximate surface area is 163 Å². The smallest absolute Gasteiger partial charge is 0.271 e. The molecular formula is C22H20N3O3-. The summed E-state index contributed by atoms with van der Waals surface area (Å²) in [6.45, 7) is 5.76. The number of amides is 1. The quantitative estimate of drug-likeness (QED) is 0.550. The van der Waals surface area contributed by atoms with Crippen molar-refractivity contribution < 1.29 is 14.7 Å². The van der Waals surface area contributed by atoms with Gasteiger partial charge in [0, 0.05) is 28.2 Å². The van der Waals surface area contributed by atoms with Crippen LogP contribution in [0.5, 0.6) is 0 Å². The number of nitrogens with zero attached hydrogens (tertiary/aromatic N) is 2. The SMILES string of the molecule is Cc1cc(C(=O)[O-])ccc1-n1c(C)cc(/C=N\NC(=O)c2ccccc2)c1C. The summed E-state index contributed by atoms with van der Waals surface area (Å²) in [5.74, 6) is -1.48. The van der Waals surface area contributed by atoms with E-state index in [-0.39, 0.29) is 11.5 Å². The molecule has 0 atom stereocenters. The maximum Gasteiger partial charge on any atom is 0.271 e. The average Bonchev–Trinajstić information content (AvgIpc) is 2.96. The standard InChI is InChI=1S/C22H21N3O3/c1-14-11-18(22(27)28)9-10-20(14)25-15(2)12-19(16(25)3)13-23-24-21(26)17-7-5-4-6-8-17/h4-13H,1-3H3,(H,24,26)(H,27,28)/p-1/b23-13-. The van der Waals surface area contributed by atoms with Gasteiger partial charge >= 0.3 is 0 Å². The summed E-state index contributed by atoms with van der Waals surface area (Å²) in [6.07, 6.45) is 1.60. The first-order valence-electron chi connectivity index (χ1n) is 8.78. The number of benzene rings is 2. The largest absolute Gasteiger partial charge is 0.545 e. The summed E-state index contributed by atoms with van der Waals surface area (Å²) >= 11 is 0. The van der Waals surface area contributed by atoms with Gasteiger partial charge in [0.15, 0.2) is 0 Å². The molecule has 3 aromatic rings. The van der Waals surface area contributed by atoms with E-state index < -0.39 is 5.97 Å². The van der Waals surface area contributed by atoms with Crippen molar-refractivity contribution in [3.63, 3.8) is 0 Å². The van der Waals surface area contributed by atoms with Crippen LogP contribution in [-0.2, 0) is 0 Å². The lowest BCUT2D eigenvalue weighted by Crippen LogP contribution is -2.22. The summed E-state index contributed by atoms with van der Waals surface area (Å²) in [5, 5.41) is 15.1. The molecule has 6 heteroatoms. The first-order valence-corrected chi connectivity index (χ1v) is 8.78. The first kappa shape index (κ1) is 19.1. The van der Waals surface area contributed by atoms with Crippen molar-refractivity contribution in [3.8, 4) is 5.69 Å². The minimum atomic E-state index is -1.20. The molecule has 0 saturated heterocycles. The zero-order valence-electron chi connectivity index (χ0n) is 15.9. The van der Waals surface area contributed by atoms with Crippen LogP contribution in [0, 0.1) is 20.8 Å². The number of carboxylic acids is 1. The minimum Gasteiger partial charge on any atom is -0.545 e. The molecule has 28 heavy (non-hydrogen) atoms. The topological polar surface area (TPSA) is 86.5 Å². The second-order valence-corrected chi connectivity index (χ2v) is 6.52. The number of carboxylic acid groups (broad SMARTS) is 1. The van der Waals surface area contributed by atoms with Crippen LogP contribution in [0.2, 0.25) is 0 Å². The van der Waals surface area contributed by atoms with E-state index in [1.165, 1.54) is 6.07 Å². The van der Waals surface area contributed by atoms with Crippen LogP contribution in [0.4, 0.5) is 0 Å². The van der Waals surface area contributed by atoms with Crippen LogP contribution >= 0.6 is 0 Å². The van der Waals surface area contributed by atoms with Crippen LogP contribution in [0.15, 0.2) is 59.7 Å². The van der Waals surface area contributed by atoms with Crippen molar-refractivity contribution >= 4 is 18.1 Å². The summed E-state index contributed by atoms with van der Waals surface area (Å²) in [7, 11) is 0. The lowest BCUT2D eigenvalue weighted by Gasteiger charge is -2.14. The van der Waals surface area contributed by atoms with E-state index in [0.29, 0.717) is 5.56 Å². The minimum absolute atomic E-state index is 0.147. The number of carbonyl (C=O) groups is 2. The number of aromatic carboxylic acids is 1. The van der Waals surface area contributed by atoms with Crippen molar-refractivity contribution in [2.45, 2.75) is 20.8 Å². The van der Waals surface area contributed by atoms with Gasteiger partial charge in [-0.1, -0.05) is 24.3 Å². The molecule has 1 N–H and O–H groups in total. The van der Waals surface area contributed by atoms with E-state index >= 15 is 0 Å². The number of nitrogens with one attached hydrogen (secondary N) is 1. The molecule has 0 aliphatic rings. The Morgan fingerprint density at radius 3 is 2.36 bits per heavy atom. The van der Waals surface area contributed by atoms with Crippen molar-refractivity contribution in [1.29, 1.82) is 0 Å². The number of rotatable bonds is 5. The zero-order chi connectivity index (χ0) is 20.3. The maximum atomic E-state index is 12.1. The van der Waals surface area contributed by atoms with Crippen LogP contribution in [0.1, 0.15) is 43.2 Å². The Balaban J connectivity index is 1.84. The fourth-order valence-electron chi connectivity index (χ4n) is 3.14.